The Balaban J connectivity index is 2.10. The highest BCUT2D eigenvalue weighted by atomic mass is 31.2. The van der Waals surface area contributed by atoms with Gasteiger partial charge in [-0.3, -0.25) is 4.52 Å². The Morgan fingerprint density at radius 1 is 0.780 bits per heavy atom. The van der Waals surface area contributed by atoms with E-state index in [2.05, 4.69) is 114 Å². The lowest BCUT2D eigenvalue weighted by Crippen LogP contribution is -2.36. The predicted octanol–water partition coefficient (Wildman–Crippen LogP) is 11.8. The number of hydrogen-bond acceptors (Lipinski definition) is 3. The van der Waals surface area contributed by atoms with Crippen molar-refractivity contribution in [1.82, 2.24) is 0 Å². The third-order valence-corrected chi connectivity index (χ3v) is 9.61. The molecule has 41 heavy (non-hydrogen) atoms. The lowest BCUT2D eigenvalue weighted by molar-refractivity contribution is 0.117. The van der Waals surface area contributed by atoms with E-state index in [4.69, 9.17) is 13.6 Å². The number of unbranched alkanes of at least 4 members (excludes halogenated alkanes) is 5. The molecule has 232 valence electrons. The topological polar surface area (TPSA) is 27.7 Å². The van der Waals surface area contributed by atoms with Crippen LogP contribution in [0.5, 0.6) is 5.75 Å². The Morgan fingerprint density at radius 3 is 1.98 bits per heavy atom. The maximum absolute atomic E-state index is 6.97. The number of fused-ring (bicyclic) bond motifs is 2. The van der Waals surface area contributed by atoms with Crippen LogP contribution in [0.2, 0.25) is 0 Å². The van der Waals surface area contributed by atoms with Gasteiger partial charge in [0.25, 0.3) is 0 Å². The minimum absolute atomic E-state index is 0.0280. The molecule has 3 atom stereocenters. The summed E-state index contributed by atoms with van der Waals surface area (Å²) in [7, 11) is -1.56. The van der Waals surface area contributed by atoms with E-state index in [1.54, 1.807) is 0 Å². The van der Waals surface area contributed by atoms with Gasteiger partial charge in [0.2, 0.25) is 0 Å². The van der Waals surface area contributed by atoms with E-state index in [1.165, 1.54) is 59.9 Å². The zero-order valence-electron chi connectivity index (χ0n) is 28.8. The van der Waals surface area contributed by atoms with Crippen molar-refractivity contribution in [3.8, 4) is 5.75 Å². The predicted molar refractivity (Wildman–Crippen MR) is 178 cm³/mol. The molecule has 1 aromatic carbocycles. The van der Waals surface area contributed by atoms with Crippen LogP contribution in [0.4, 0.5) is 0 Å². The molecule has 0 N–H and O–H groups in total. The van der Waals surface area contributed by atoms with Gasteiger partial charge >= 0.3 is 8.60 Å². The fourth-order valence-electron chi connectivity index (χ4n) is 5.72. The number of hydrogen-bond donors (Lipinski definition) is 0. The molecular weight excluding hydrogens is 523 g/mol. The summed E-state index contributed by atoms with van der Waals surface area (Å²) >= 11 is 0. The van der Waals surface area contributed by atoms with Gasteiger partial charge in [0.15, 0.2) is 0 Å². The lowest BCUT2D eigenvalue weighted by atomic mass is 9.69. The summed E-state index contributed by atoms with van der Waals surface area (Å²) in [6, 6.07) is 4.78. The van der Waals surface area contributed by atoms with E-state index in [1.807, 2.05) is 0 Å². The Kier molecular flexibility index (Phi) is 11.1. The van der Waals surface area contributed by atoms with Gasteiger partial charge in [0, 0.05) is 11.5 Å². The second-order valence-electron chi connectivity index (χ2n) is 16.5. The molecular formula is C37H61O3P. The molecule has 0 amide bonds. The van der Waals surface area contributed by atoms with Gasteiger partial charge in [0.1, 0.15) is 5.75 Å². The molecule has 0 radical (unpaired) electrons. The Hall–Kier alpha value is -1.15. The van der Waals surface area contributed by atoms with E-state index in [9.17, 15) is 0 Å². The first-order chi connectivity index (χ1) is 18.8. The van der Waals surface area contributed by atoms with Gasteiger partial charge in [0.05, 0.1) is 12.7 Å². The maximum Gasteiger partial charge on any atom is 0.397 e. The first-order valence-electron chi connectivity index (χ1n) is 16.2. The Bertz CT molecular complexity index is 1090. The summed E-state index contributed by atoms with van der Waals surface area (Å²) in [6.45, 7) is 30.7. The van der Waals surface area contributed by atoms with Crippen LogP contribution in [0.3, 0.4) is 0 Å². The molecule has 0 aromatic heterocycles. The van der Waals surface area contributed by atoms with E-state index in [0.717, 1.165) is 18.6 Å². The molecule has 1 aliphatic carbocycles. The first-order valence-corrected chi connectivity index (χ1v) is 17.3. The van der Waals surface area contributed by atoms with Crippen LogP contribution >= 0.6 is 8.60 Å². The highest BCUT2D eigenvalue weighted by molar-refractivity contribution is 7.42. The molecule has 1 aromatic rings. The zero-order valence-corrected chi connectivity index (χ0v) is 29.7. The summed E-state index contributed by atoms with van der Waals surface area (Å²) in [4.78, 5) is 0. The minimum atomic E-state index is -1.56. The van der Waals surface area contributed by atoms with Crippen LogP contribution in [-0.4, -0.2) is 12.7 Å². The molecule has 1 heterocycles. The van der Waals surface area contributed by atoms with Crippen molar-refractivity contribution in [2.75, 3.05) is 6.61 Å². The van der Waals surface area contributed by atoms with Crippen molar-refractivity contribution in [3.05, 3.63) is 52.1 Å². The van der Waals surface area contributed by atoms with E-state index >= 15 is 0 Å². The second kappa shape index (κ2) is 13.2. The van der Waals surface area contributed by atoms with Crippen molar-refractivity contribution >= 4 is 8.60 Å². The minimum Gasteiger partial charge on any atom is -0.426 e. The molecule has 0 fully saturated rings. The summed E-state index contributed by atoms with van der Waals surface area (Å²) in [5, 5.41) is 0. The first kappa shape index (κ1) is 34.3. The molecule has 0 spiro atoms. The summed E-state index contributed by atoms with van der Waals surface area (Å²) < 4.78 is 20.4. The molecule has 1 aliphatic heterocycles. The quantitative estimate of drug-likeness (QED) is 0.225. The average Bonchev–Trinajstić information content (AvgIpc) is 2.80. The van der Waals surface area contributed by atoms with Crippen LogP contribution in [0.15, 0.2) is 35.4 Å². The molecule has 4 heteroatoms. The summed E-state index contributed by atoms with van der Waals surface area (Å²) in [5.41, 5.74) is 6.66. The number of rotatable bonds is 8. The summed E-state index contributed by atoms with van der Waals surface area (Å²) in [6.07, 6.45) is 13.1. The maximum atomic E-state index is 6.97. The SMILES string of the molecule is CCCCCCCCOP1Oc2c(cc(C(C)(C)C)cc2C(C)(C)C)CC2C=C(C(C)(C)C)C=C(C(C)(C)C)C2O1. The van der Waals surface area contributed by atoms with Crippen LogP contribution in [-0.2, 0) is 26.3 Å². The Morgan fingerprint density at radius 2 is 1.41 bits per heavy atom. The number of benzene rings is 1. The second-order valence-corrected chi connectivity index (χ2v) is 17.6. The normalized spacial score (nSPS) is 22.1. The fraction of sp³-hybridized carbons (Fsp3) is 0.730. The van der Waals surface area contributed by atoms with Crippen LogP contribution in [0.25, 0.3) is 0 Å². The third-order valence-electron chi connectivity index (χ3n) is 8.49. The third kappa shape index (κ3) is 9.17. The molecule has 3 unspecified atom stereocenters. The van der Waals surface area contributed by atoms with E-state index < -0.39 is 8.60 Å². The van der Waals surface area contributed by atoms with Gasteiger partial charge in [-0.15, -0.1) is 0 Å². The fourth-order valence-corrected chi connectivity index (χ4v) is 6.97. The van der Waals surface area contributed by atoms with Crippen LogP contribution in [0.1, 0.15) is 145 Å². The lowest BCUT2D eigenvalue weighted by Gasteiger charge is -2.42. The van der Waals surface area contributed by atoms with Crippen molar-refractivity contribution < 1.29 is 13.6 Å². The average molecular weight is 585 g/mol. The smallest absolute Gasteiger partial charge is 0.397 e. The standard InChI is InChI=1S/C37H61O3P/c1-14-15-16-17-18-19-20-38-41-39-32-26(22-28(34(2,3)4)24-30(32)36(8,9)10)21-27-23-29(35(5,6)7)25-31(33(27)40-41)37(11,12)13/h22-26,32H,14-21H2,1-13H3. The van der Waals surface area contributed by atoms with Crippen molar-refractivity contribution in [3.63, 3.8) is 0 Å². The molecule has 3 nitrogen and oxygen atoms in total. The Labute approximate surface area is 254 Å². The van der Waals surface area contributed by atoms with Crippen LogP contribution < -0.4 is 4.52 Å². The van der Waals surface area contributed by atoms with Gasteiger partial charge in [-0.05, 0) is 56.8 Å². The van der Waals surface area contributed by atoms with Crippen molar-refractivity contribution in [2.45, 2.75) is 152 Å². The molecule has 2 aliphatic rings. The van der Waals surface area contributed by atoms with Gasteiger partial charge < -0.3 is 9.05 Å². The molecule has 0 saturated carbocycles. The van der Waals surface area contributed by atoms with Crippen LogP contribution in [0, 0.1) is 16.7 Å². The van der Waals surface area contributed by atoms with Gasteiger partial charge in [-0.25, -0.2) is 0 Å². The van der Waals surface area contributed by atoms with Crippen molar-refractivity contribution in [1.29, 1.82) is 0 Å². The van der Waals surface area contributed by atoms with E-state index in [0.29, 0.717) is 6.61 Å². The zero-order chi connectivity index (χ0) is 30.8. The molecule has 0 bridgehead atoms. The number of allylic oxidation sites excluding steroid dienone is 2. The van der Waals surface area contributed by atoms with Gasteiger partial charge in [-0.2, -0.15) is 0 Å². The summed E-state index contributed by atoms with van der Waals surface area (Å²) in [5.74, 6) is 1.20. The highest BCUT2D eigenvalue weighted by Gasteiger charge is 2.42. The molecule has 3 rings (SSSR count). The monoisotopic (exact) mass is 584 g/mol. The largest absolute Gasteiger partial charge is 0.426 e. The van der Waals surface area contributed by atoms with Crippen molar-refractivity contribution in [2.24, 2.45) is 16.7 Å². The molecule has 0 saturated heterocycles. The van der Waals surface area contributed by atoms with Gasteiger partial charge in [-0.1, -0.05) is 146 Å². The highest BCUT2D eigenvalue weighted by Crippen LogP contribution is 2.54. The van der Waals surface area contributed by atoms with E-state index in [-0.39, 0.29) is 33.7 Å².